The Kier molecular flexibility index (Phi) is 2.76. The zero-order valence-electron chi connectivity index (χ0n) is 10.4. The highest BCUT2D eigenvalue weighted by molar-refractivity contribution is 5.78. The number of pyridine rings is 1. The second-order valence-electron chi connectivity index (χ2n) is 4.42. The van der Waals surface area contributed by atoms with E-state index >= 15 is 0 Å². The predicted molar refractivity (Wildman–Crippen MR) is 71.4 cm³/mol. The van der Waals surface area contributed by atoms with Gasteiger partial charge in [-0.05, 0) is 31.2 Å². The van der Waals surface area contributed by atoms with Crippen molar-refractivity contribution in [1.82, 2.24) is 14.5 Å². The van der Waals surface area contributed by atoms with Gasteiger partial charge in [0.15, 0.2) is 0 Å². The normalized spacial score (nSPS) is 12.8. The molecule has 0 fully saturated rings. The van der Waals surface area contributed by atoms with Crippen molar-refractivity contribution in [2.24, 2.45) is 5.73 Å². The molecule has 1 unspecified atom stereocenters. The predicted octanol–water partition coefficient (Wildman–Crippen LogP) is 2.58. The lowest BCUT2D eigenvalue weighted by atomic mass is 10.3. The van der Waals surface area contributed by atoms with Crippen molar-refractivity contribution in [3.63, 3.8) is 0 Å². The molecule has 1 aromatic carbocycles. The number of imidazole rings is 1. The van der Waals surface area contributed by atoms with E-state index in [2.05, 4.69) is 9.97 Å². The molecule has 0 bridgehead atoms. The van der Waals surface area contributed by atoms with Gasteiger partial charge in [-0.1, -0.05) is 6.07 Å². The first kappa shape index (κ1) is 11.8. The van der Waals surface area contributed by atoms with Crippen molar-refractivity contribution < 1.29 is 4.39 Å². The topological polar surface area (TPSA) is 56.7 Å². The Balaban J connectivity index is 2.36. The summed E-state index contributed by atoms with van der Waals surface area (Å²) in [5.41, 5.74) is 7.33. The molecule has 0 aliphatic carbocycles. The Labute approximate surface area is 109 Å². The molecule has 19 heavy (non-hydrogen) atoms. The number of halogens is 1. The molecule has 4 nitrogen and oxygen atoms in total. The van der Waals surface area contributed by atoms with E-state index in [1.165, 1.54) is 12.1 Å². The minimum atomic E-state index is -0.305. The van der Waals surface area contributed by atoms with Crippen LogP contribution in [-0.4, -0.2) is 14.5 Å². The summed E-state index contributed by atoms with van der Waals surface area (Å²) in [6.07, 6.45) is 1.69. The van der Waals surface area contributed by atoms with Crippen LogP contribution in [0.5, 0.6) is 0 Å². The summed E-state index contributed by atoms with van der Waals surface area (Å²) in [5.74, 6) is 1.04. The third-order valence-electron chi connectivity index (χ3n) is 2.93. The Morgan fingerprint density at radius 1 is 1.26 bits per heavy atom. The van der Waals surface area contributed by atoms with E-state index in [4.69, 9.17) is 5.73 Å². The summed E-state index contributed by atoms with van der Waals surface area (Å²) < 4.78 is 15.2. The maximum atomic E-state index is 13.4. The number of fused-ring (bicyclic) bond motifs is 1. The molecule has 2 aromatic heterocycles. The summed E-state index contributed by atoms with van der Waals surface area (Å²) >= 11 is 0. The smallest absolute Gasteiger partial charge is 0.138 e. The van der Waals surface area contributed by atoms with Crippen molar-refractivity contribution >= 4 is 11.0 Å². The van der Waals surface area contributed by atoms with Crippen LogP contribution < -0.4 is 5.73 Å². The van der Waals surface area contributed by atoms with Crippen LogP contribution in [0.2, 0.25) is 0 Å². The Morgan fingerprint density at radius 3 is 2.79 bits per heavy atom. The second kappa shape index (κ2) is 4.44. The number of aromatic nitrogens is 3. The minimum Gasteiger partial charge on any atom is -0.322 e. The summed E-state index contributed by atoms with van der Waals surface area (Å²) in [6.45, 7) is 1.84. The maximum absolute atomic E-state index is 13.4. The standard InChI is InChI=1S/C14H13FN4/c1-9(16)14-18-11-6-5-10(15)8-12(11)19(14)13-4-2-3-7-17-13/h2-9H,16H2,1H3. The molecule has 2 N–H and O–H groups in total. The van der Waals surface area contributed by atoms with Crippen molar-refractivity contribution in [1.29, 1.82) is 0 Å². The first-order valence-electron chi connectivity index (χ1n) is 6.01. The minimum absolute atomic E-state index is 0.266. The van der Waals surface area contributed by atoms with Gasteiger partial charge in [0.2, 0.25) is 0 Å². The number of hydrogen-bond donors (Lipinski definition) is 1. The molecule has 3 aromatic rings. The van der Waals surface area contributed by atoms with Crippen LogP contribution in [0.25, 0.3) is 16.9 Å². The lowest BCUT2D eigenvalue weighted by Crippen LogP contribution is -2.13. The molecule has 0 radical (unpaired) electrons. The van der Waals surface area contributed by atoms with Gasteiger partial charge in [0.25, 0.3) is 0 Å². The van der Waals surface area contributed by atoms with Gasteiger partial charge in [-0.25, -0.2) is 14.4 Å². The average molecular weight is 256 g/mol. The number of benzene rings is 1. The first-order chi connectivity index (χ1) is 9.16. The van der Waals surface area contributed by atoms with E-state index in [9.17, 15) is 4.39 Å². The molecule has 0 aliphatic heterocycles. The van der Waals surface area contributed by atoms with Gasteiger partial charge in [0, 0.05) is 12.3 Å². The Morgan fingerprint density at radius 2 is 2.11 bits per heavy atom. The van der Waals surface area contributed by atoms with Gasteiger partial charge in [0.05, 0.1) is 17.1 Å². The monoisotopic (exact) mass is 256 g/mol. The molecule has 0 saturated heterocycles. The summed E-state index contributed by atoms with van der Waals surface area (Å²) in [4.78, 5) is 8.75. The molecule has 1 atom stereocenters. The van der Waals surface area contributed by atoms with Crippen molar-refractivity contribution in [3.8, 4) is 5.82 Å². The quantitative estimate of drug-likeness (QED) is 0.766. The highest BCUT2D eigenvalue weighted by atomic mass is 19.1. The van der Waals surface area contributed by atoms with Crippen LogP contribution in [0.4, 0.5) is 4.39 Å². The molecule has 0 spiro atoms. The molecule has 0 saturated carbocycles. The van der Waals surface area contributed by atoms with E-state index in [0.29, 0.717) is 22.7 Å². The average Bonchev–Trinajstić information content (AvgIpc) is 2.78. The molecule has 96 valence electrons. The van der Waals surface area contributed by atoms with Crippen LogP contribution in [0.1, 0.15) is 18.8 Å². The number of rotatable bonds is 2. The van der Waals surface area contributed by atoms with Crippen LogP contribution in [0, 0.1) is 5.82 Å². The highest BCUT2D eigenvalue weighted by Crippen LogP contribution is 2.24. The fourth-order valence-corrected chi connectivity index (χ4v) is 2.10. The molecule has 0 amide bonds. The van der Waals surface area contributed by atoms with E-state index in [0.717, 1.165) is 0 Å². The summed E-state index contributed by atoms with van der Waals surface area (Å²) in [6, 6.07) is 9.77. The molecule has 2 heterocycles. The van der Waals surface area contributed by atoms with Gasteiger partial charge in [-0.2, -0.15) is 0 Å². The third-order valence-corrected chi connectivity index (χ3v) is 2.93. The fourth-order valence-electron chi connectivity index (χ4n) is 2.10. The van der Waals surface area contributed by atoms with Crippen molar-refractivity contribution in [3.05, 3.63) is 54.2 Å². The number of nitrogens with two attached hydrogens (primary N) is 1. The van der Waals surface area contributed by atoms with Gasteiger partial charge in [0.1, 0.15) is 17.5 Å². The van der Waals surface area contributed by atoms with Gasteiger partial charge in [-0.3, -0.25) is 4.57 Å². The van der Waals surface area contributed by atoms with Gasteiger partial charge < -0.3 is 5.73 Å². The molecular formula is C14H13FN4. The molecule has 3 rings (SSSR count). The number of hydrogen-bond acceptors (Lipinski definition) is 3. The van der Waals surface area contributed by atoms with Gasteiger partial charge in [-0.15, -0.1) is 0 Å². The second-order valence-corrected chi connectivity index (χ2v) is 4.42. The van der Waals surface area contributed by atoms with E-state index in [1.807, 2.05) is 25.1 Å². The van der Waals surface area contributed by atoms with Crippen LogP contribution >= 0.6 is 0 Å². The summed E-state index contributed by atoms with van der Waals surface area (Å²) in [5, 5.41) is 0. The molecule has 0 aliphatic rings. The van der Waals surface area contributed by atoms with Crippen LogP contribution in [-0.2, 0) is 0 Å². The van der Waals surface area contributed by atoms with Gasteiger partial charge >= 0.3 is 0 Å². The first-order valence-corrected chi connectivity index (χ1v) is 6.01. The van der Waals surface area contributed by atoms with Crippen molar-refractivity contribution in [2.45, 2.75) is 13.0 Å². The lowest BCUT2D eigenvalue weighted by Gasteiger charge is -2.10. The Bertz CT molecular complexity index is 719. The Hall–Kier alpha value is -2.27. The third kappa shape index (κ3) is 1.98. The largest absolute Gasteiger partial charge is 0.322 e. The lowest BCUT2D eigenvalue weighted by molar-refractivity contribution is 0.629. The van der Waals surface area contributed by atoms with Crippen LogP contribution in [0.15, 0.2) is 42.6 Å². The SMILES string of the molecule is CC(N)c1nc2ccc(F)cc2n1-c1ccccn1. The molecular weight excluding hydrogens is 243 g/mol. The maximum Gasteiger partial charge on any atom is 0.138 e. The molecule has 5 heteroatoms. The number of nitrogens with zero attached hydrogens (tertiary/aromatic N) is 3. The summed E-state index contributed by atoms with van der Waals surface area (Å²) in [7, 11) is 0. The van der Waals surface area contributed by atoms with Crippen molar-refractivity contribution in [2.75, 3.05) is 0 Å². The zero-order chi connectivity index (χ0) is 13.4. The zero-order valence-corrected chi connectivity index (χ0v) is 10.4. The van der Waals surface area contributed by atoms with E-state index < -0.39 is 0 Å². The van der Waals surface area contributed by atoms with E-state index in [-0.39, 0.29) is 11.9 Å². The van der Waals surface area contributed by atoms with E-state index in [1.54, 1.807) is 16.8 Å². The van der Waals surface area contributed by atoms with Crippen LogP contribution in [0.3, 0.4) is 0 Å². The fraction of sp³-hybridized carbons (Fsp3) is 0.143. The highest BCUT2D eigenvalue weighted by Gasteiger charge is 2.16.